The molecule has 0 saturated carbocycles. The summed E-state index contributed by atoms with van der Waals surface area (Å²) in [4.78, 5) is 0. The summed E-state index contributed by atoms with van der Waals surface area (Å²) in [6, 6.07) is 0. The molecule has 7 heteroatoms. The first kappa shape index (κ1) is 16.3. The van der Waals surface area contributed by atoms with Gasteiger partial charge in [-0.2, -0.15) is 0 Å². The average Bonchev–Trinajstić information content (AvgIpc) is 0.722. The van der Waals surface area contributed by atoms with Crippen molar-refractivity contribution in [1.29, 1.82) is 0 Å². The van der Waals surface area contributed by atoms with E-state index in [0.29, 0.717) is 0 Å². The largest absolute Gasteiger partial charge is 0 e. The molecule has 43 valence electrons. The Hall–Kier alpha value is 2.54. The van der Waals surface area contributed by atoms with Crippen molar-refractivity contribution < 1.29 is 65.6 Å². The number of hydrogen-bond donors (Lipinski definition) is 4. The van der Waals surface area contributed by atoms with Crippen LogP contribution in [0.25, 0.3) is 0 Å². The zero-order chi connectivity index (χ0) is 4.50. The SMILES string of the molecule is [BiH3].[OH][Ti]([OH])([OH])[OH].[Y]. The normalized spacial score (nSPS) is 8.57. The third-order valence-corrected chi connectivity index (χ3v) is 0. The van der Waals surface area contributed by atoms with Gasteiger partial charge in [-0.15, -0.1) is 0 Å². The van der Waals surface area contributed by atoms with E-state index in [1.54, 1.807) is 0 Å². The Morgan fingerprint density at radius 2 is 0.857 bits per heavy atom. The van der Waals surface area contributed by atoms with Crippen molar-refractivity contribution in [2.45, 2.75) is 0 Å². The van der Waals surface area contributed by atoms with Crippen molar-refractivity contribution in [3.05, 3.63) is 0 Å². The predicted molar refractivity (Wildman–Crippen MR) is 18.8 cm³/mol. The molecule has 0 aliphatic rings. The molecule has 0 spiro atoms. The molecule has 0 rings (SSSR count). The Kier molecular flexibility index (Phi) is 15.5. The second-order valence-electron chi connectivity index (χ2n) is 0.600. The zero-order valence-electron chi connectivity index (χ0n) is 3.57. The summed E-state index contributed by atoms with van der Waals surface area (Å²) in [6.45, 7) is 0. The average molecular weight is 417 g/mol. The fraction of sp³-hybridized carbons (Fsp3) is 0. The molecule has 0 aromatic carbocycles. The molecule has 4 nitrogen and oxygen atoms in total. The fourth-order valence-electron chi connectivity index (χ4n) is 0. The maximum atomic E-state index is 7.38. The molecule has 0 heterocycles. The van der Waals surface area contributed by atoms with Crippen LogP contribution in [0, 0.1) is 0 Å². The van der Waals surface area contributed by atoms with Crippen molar-refractivity contribution >= 4 is 26.2 Å². The molecule has 0 aromatic rings. The van der Waals surface area contributed by atoms with Gasteiger partial charge in [-0.05, 0) is 0 Å². The molecule has 7 heavy (non-hydrogen) atoms. The molecule has 0 aliphatic heterocycles. The Morgan fingerprint density at radius 1 is 0.857 bits per heavy atom. The molecule has 0 saturated heterocycles. The topological polar surface area (TPSA) is 80.9 Å². The maximum Gasteiger partial charge on any atom is 0 e. The van der Waals surface area contributed by atoms with E-state index in [4.69, 9.17) is 14.8 Å². The van der Waals surface area contributed by atoms with Gasteiger partial charge in [0.25, 0.3) is 0 Å². The maximum absolute atomic E-state index is 7.38. The molecule has 1 radical (unpaired) electrons. The van der Waals surface area contributed by atoms with Crippen molar-refractivity contribution in [3.8, 4) is 0 Å². The third kappa shape index (κ3) is 56.6. The van der Waals surface area contributed by atoms with Gasteiger partial charge in [0.2, 0.25) is 0 Å². The summed E-state index contributed by atoms with van der Waals surface area (Å²) in [6.07, 6.45) is 0. The van der Waals surface area contributed by atoms with E-state index in [0.717, 1.165) is 0 Å². The Labute approximate surface area is 90.2 Å². The smallest absolute Gasteiger partial charge is 0 e. The fourth-order valence-corrected chi connectivity index (χ4v) is 0. The standard InChI is InChI=1S/Bi.4H2O.Ti.Y.3H/h;4*1H2;;;;;/q;;;;;+4;;;;/p-4. The molecule has 0 aliphatic carbocycles. The van der Waals surface area contributed by atoms with Gasteiger partial charge in [0, 0.05) is 32.7 Å². The van der Waals surface area contributed by atoms with Crippen LogP contribution in [0.2, 0.25) is 0 Å². The van der Waals surface area contributed by atoms with E-state index in [1.807, 2.05) is 0 Å². The summed E-state index contributed by atoms with van der Waals surface area (Å²) in [7, 11) is 0. The minimum Gasteiger partial charge on any atom is 0 e. The first-order valence-corrected chi connectivity index (χ1v) is 3.69. The van der Waals surface area contributed by atoms with Crippen LogP contribution in [-0.2, 0) is 50.9 Å². The minimum absolute atomic E-state index is 0. The van der Waals surface area contributed by atoms with Crippen LogP contribution < -0.4 is 0 Å². The van der Waals surface area contributed by atoms with Gasteiger partial charge in [0.05, 0.1) is 0 Å². The van der Waals surface area contributed by atoms with E-state index in [-0.39, 0.29) is 58.9 Å². The quantitative estimate of drug-likeness (QED) is 0.310. The van der Waals surface area contributed by atoms with Crippen LogP contribution in [0.5, 0.6) is 0 Å². The second kappa shape index (κ2) is 6.66. The second-order valence-corrected chi connectivity index (χ2v) is 2.47. The molecule has 0 amide bonds. The first-order valence-electron chi connectivity index (χ1n) is 0.894. The van der Waals surface area contributed by atoms with Gasteiger partial charge in [-0.25, -0.2) is 0 Å². The predicted octanol–water partition coefficient (Wildman–Crippen LogP) is -3.42. The van der Waals surface area contributed by atoms with E-state index < -0.39 is 18.1 Å². The van der Waals surface area contributed by atoms with E-state index in [1.165, 1.54) is 0 Å². The van der Waals surface area contributed by atoms with E-state index in [9.17, 15) is 0 Å². The number of hydrogen-bond acceptors (Lipinski definition) is 4. The van der Waals surface area contributed by atoms with Gasteiger partial charge in [-0.1, -0.05) is 0 Å². The van der Waals surface area contributed by atoms with Crippen LogP contribution in [-0.4, -0.2) is 41.0 Å². The molecule has 0 fully saturated rings. The molecule has 0 atom stereocenters. The Morgan fingerprint density at radius 3 is 0.857 bits per heavy atom. The van der Waals surface area contributed by atoms with Crippen molar-refractivity contribution in [3.63, 3.8) is 0 Å². The summed E-state index contributed by atoms with van der Waals surface area (Å²) in [5, 5.41) is 0. The minimum atomic E-state index is -5.00. The van der Waals surface area contributed by atoms with Crippen LogP contribution in [0.1, 0.15) is 0 Å². The van der Waals surface area contributed by atoms with E-state index >= 15 is 0 Å². The molecule has 0 bridgehead atoms. The van der Waals surface area contributed by atoms with Gasteiger partial charge in [0.1, 0.15) is 0 Å². The van der Waals surface area contributed by atoms with Gasteiger partial charge in [0.15, 0.2) is 0 Å². The van der Waals surface area contributed by atoms with Crippen LogP contribution in [0.15, 0.2) is 0 Å². The van der Waals surface area contributed by atoms with Crippen molar-refractivity contribution in [2.24, 2.45) is 0 Å². The Bertz CT molecular complexity index is 27.2. The molecule has 4 N–H and O–H groups in total. The molecular weight excluding hydrogens is 410 g/mol. The van der Waals surface area contributed by atoms with Gasteiger partial charge >= 0.3 is 59.1 Å². The van der Waals surface area contributed by atoms with E-state index in [2.05, 4.69) is 0 Å². The van der Waals surface area contributed by atoms with Crippen LogP contribution in [0.3, 0.4) is 0 Å². The van der Waals surface area contributed by atoms with Gasteiger partial charge < -0.3 is 0 Å². The van der Waals surface area contributed by atoms with Gasteiger partial charge in [-0.3, -0.25) is 0 Å². The molecule has 0 unspecified atom stereocenters. The summed E-state index contributed by atoms with van der Waals surface area (Å²) < 4.78 is 29.5. The monoisotopic (exact) mass is 417 g/mol. The summed E-state index contributed by atoms with van der Waals surface area (Å²) in [5.74, 6) is 0. The third-order valence-electron chi connectivity index (χ3n) is 0. The Balaban J connectivity index is -0.0000000800. The number of rotatable bonds is 0. The zero-order valence-corrected chi connectivity index (χ0v) is 13.5. The summed E-state index contributed by atoms with van der Waals surface area (Å²) >= 11 is -5.00. The van der Waals surface area contributed by atoms with Crippen LogP contribution >= 0.6 is 0 Å². The van der Waals surface area contributed by atoms with Crippen molar-refractivity contribution in [2.75, 3.05) is 0 Å². The van der Waals surface area contributed by atoms with Crippen molar-refractivity contribution in [1.82, 2.24) is 0 Å². The first-order chi connectivity index (χ1) is 2.00. The molecular formula is H7BiO4TiY. The van der Waals surface area contributed by atoms with Crippen LogP contribution in [0.4, 0.5) is 0 Å². The summed E-state index contributed by atoms with van der Waals surface area (Å²) in [5.41, 5.74) is 0. The molecule has 0 aromatic heterocycles.